The fourth-order valence-corrected chi connectivity index (χ4v) is 5.15. The summed E-state index contributed by atoms with van der Waals surface area (Å²) in [5.41, 5.74) is 5.39. The second-order valence-corrected chi connectivity index (χ2v) is 9.44. The number of ether oxygens (including phenoxy) is 2. The van der Waals surface area contributed by atoms with Gasteiger partial charge >= 0.3 is 0 Å². The van der Waals surface area contributed by atoms with E-state index in [0.29, 0.717) is 11.9 Å². The van der Waals surface area contributed by atoms with Gasteiger partial charge in [0.05, 0.1) is 24.0 Å². The van der Waals surface area contributed by atoms with Crippen LogP contribution >= 0.6 is 45.2 Å². The van der Waals surface area contributed by atoms with Gasteiger partial charge in [-0.1, -0.05) is 18.2 Å². The van der Waals surface area contributed by atoms with E-state index >= 15 is 0 Å². The monoisotopic (exact) mass is 693 g/mol. The molecule has 4 aromatic rings. The van der Waals surface area contributed by atoms with E-state index in [9.17, 15) is 0 Å². The van der Waals surface area contributed by atoms with E-state index in [2.05, 4.69) is 81.3 Å². The Morgan fingerprint density at radius 3 is 2.03 bits per heavy atom. The first-order chi connectivity index (χ1) is 17.0. The number of hydrogen-bond acceptors (Lipinski definition) is 9. The van der Waals surface area contributed by atoms with E-state index in [-0.39, 0.29) is 5.95 Å². The number of nitrogens with one attached hydrogen (secondary N) is 3. The predicted octanol–water partition coefficient (Wildman–Crippen LogP) is 6.03. The summed E-state index contributed by atoms with van der Waals surface area (Å²) >= 11 is 4.50. The molecule has 3 aromatic carbocycles. The van der Waals surface area contributed by atoms with Crippen molar-refractivity contribution >= 4 is 80.6 Å². The van der Waals surface area contributed by atoms with Crippen LogP contribution in [-0.4, -0.2) is 35.4 Å². The Bertz CT molecular complexity index is 1320. The smallest absolute Gasteiger partial charge is 0.250 e. The highest BCUT2D eigenvalue weighted by atomic mass is 127. The molecule has 0 saturated heterocycles. The zero-order valence-corrected chi connectivity index (χ0v) is 23.1. The van der Waals surface area contributed by atoms with E-state index < -0.39 is 0 Å². The van der Waals surface area contributed by atoms with Gasteiger partial charge in [0.25, 0.3) is 0 Å². The standard InChI is InChI=1S/C24H21I2N7O2/c1-34-19-10-8-18(9-11-19)29-23-30-22(28-17-6-4-3-5-7-17)31-24(32-23)33-27-14-15-12-16(25)13-20(26)21(15)35-2/h3-14H,1-2H3,(H3,28,29,30,31,32,33). The molecule has 0 aliphatic rings. The largest absolute Gasteiger partial charge is 0.497 e. The van der Waals surface area contributed by atoms with Crippen molar-refractivity contribution in [2.24, 2.45) is 5.10 Å². The molecule has 11 heteroatoms. The van der Waals surface area contributed by atoms with Crippen molar-refractivity contribution < 1.29 is 9.47 Å². The molecule has 35 heavy (non-hydrogen) atoms. The molecule has 9 nitrogen and oxygen atoms in total. The molecule has 1 heterocycles. The lowest BCUT2D eigenvalue weighted by Gasteiger charge is -2.11. The summed E-state index contributed by atoms with van der Waals surface area (Å²) in [5.74, 6) is 2.49. The zero-order valence-electron chi connectivity index (χ0n) is 18.8. The van der Waals surface area contributed by atoms with Gasteiger partial charge in [-0.3, -0.25) is 0 Å². The third-order valence-electron chi connectivity index (χ3n) is 4.62. The van der Waals surface area contributed by atoms with E-state index in [1.54, 1.807) is 20.4 Å². The molecule has 0 spiro atoms. The van der Waals surface area contributed by atoms with Gasteiger partial charge in [0, 0.05) is 20.5 Å². The fraction of sp³-hybridized carbons (Fsp3) is 0.0833. The SMILES string of the molecule is COc1ccc(Nc2nc(NN=Cc3cc(I)cc(I)c3OC)nc(Nc3ccccc3)n2)cc1. The highest BCUT2D eigenvalue weighted by molar-refractivity contribution is 14.1. The van der Waals surface area contributed by atoms with E-state index in [1.165, 1.54) is 0 Å². The maximum atomic E-state index is 5.52. The molecule has 178 valence electrons. The van der Waals surface area contributed by atoms with Gasteiger partial charge < -0.3 is 20.1 Å². The molecule has 0 aliphatic carbocycles. The molecule has 0 fully saturated rings. The number of hydrazone groups is 1. The van der Waals surface area contributed by atoms with Crippen LogP contribution < -0.4 is 25.5 Å². The molecule has 0 atom stereocenters. The van der Waals surface area contributed by atoms with Crippen molar-refractivity contribution in [1.82, 2.24) is 15.0 Å². The second-order valence-electron chi connectivity index (χ2n) is 7.03. The minimum Gasteiger partial charge on any atom is -0.497 e. The molecule has 0 amide bonds. The van der Waals surface area contributed by atoms with E-state index in [0.717, 1.165) is 35.6 Å². The minimum absolute atomic E-state index is 0.269. The van der Waals surface area contributed by atoms with E-state index in [4.69, 9.17) is 9.47 Å². The fourth-order valence-electron chi connectivity index (χ4n) is 3.04. The molecule has 1 aromatic heterocycles. The Morgan fingerprint density at radius 2 is 1.40 bits per heavy atom. The first-order valence-electron chi connectivity index (χ1n) is 10.4. The Labute approximate surface area is 230 Å². The van der Waals surface area contributed by atoms with Gasteiger partial charge in [-0.05, 0) is 93.7 Å². The van der Waals surface area contributed by atoms with E-state index in [1.807, 2.05) is 66.7 Å². The normalized spacial score (nSPS) is 10.7. The highest BCUT2D eigenvalue weighted by Gasteiger charge is 2.09. The molecule has 3 N–H and O–H groups in total. The second kappa shape index (κ2) is 12.0. The van der Waals surface area contributed by atoms with Crippen LogP contribution in [0.15, 0.2) is 71.8 Å². The Hall–Kier alpha value is -3.20. The summed E-state index contributed by atoms with van der Waals surface area (Å²) in [6.07, 6.45) is 1.67. The minimum atomic E-state index is 0.269. The number of anilines is 5. The van der Waals surface area contributed by atoms with Gasteiger partial charge in [0.2, 0.25) is 17.8 Å². The van der Waals surface area contributed by atoms with Crippen molar-refractivity contribution in [3.8, 4) is 11.5 Å². The lowest BCUT2D eigenvalue weighted by molar-refractivity contribution is 0.411. The van der Waals surface area contributed by atoms with Crippen molar-refractivity contribution in [1.29, 1.82) is 0 Å². The van der Waals surface area contributed by atoms with Crippen LogP contribution in [-0.2, 0) is 0 Å². The zero-order chi connectivity index (χ0) is 24.6. The van der Waals surface area contributed by atoms with Crippen LogP contribution in [0.4, 0.5) is 29.2 Å². The number of halogens is 2. The van der Waals surface area contributed by atoms with Crippen molar-refractivity contribution in [3.63, 3.8) is 0 Å². The van der Waals surface area contributed by atoms with Crippen LogP contribution in [0, 0.1) is 7.14 Å². The highest BCUT2D eigenvalue weighted by Crippen LogP contribution is 2.27. The Kier molecular flexibility index (Phi) is 8.52. The number of para-hydroxylation sites is 1. The van der Waals surface area contributed by atoms with Gasteiger partial charge in [-0.15, -0.1) is 0 Å². The first-order valence-corrected chi connectivity index (χ1v) is 12.5. The van der Waals surface area contributed by atoms with Crippen LogP contribution in [0.3, 0.4) is 0 Å². The van der Waals surface area contributed by atoms with Crippen molar-refractivity contribution in [3.05, 3.63) is 79.4 Å². The summed E-state index contributed by atoms with van der Waals surface area (Å²) in [5, 5.41) is 10.7. The number of aromatic nitrogens is 3. The lowest BCUT2D eigenvalue weighted by atomic mass is 10.2. The van der Waals surface area contributed by atoms with Gasteiger partial charge in [0.1, 0.15) is 11.5 Å². The number of hydrogen-bond donors (Lipinski definition) is 3. The molecule has 0 saturated carbocycles. The van der Waals surface area contributed by atoms with Gasteiger partial charge in [0.15, 0.2) is 0 Å². The Morgan fingerprint density at radius 1 is 0.771 bits per heavy atom. The number of methoxy groups -OCH3 is 2. The molecule has 0 bridgehead atoms. The van der Waals surface area contributed by atoms with Crippen LogP contribution in [0.1, 0.15) is 5.56 Å². The summed E-state index contributed by atoms with van der Waals surface area (Å²) < 4.78 is 12.8. The number of nitrogens with zero attached hydrogens (tertiary/aromatic N) is 4. The van der Waals surface area contributed by atoms with Crippen LogP contribution in [0.2, 0.25) is 0 Å². The number of benzene rings is 3. The molecular formula is C24H21I2N7O2. The summed E-state index contributed by atoms with van der Waals surface area (Å²) in [6.45, 7) is 0. The molecule has 0 aliphatic heterocycles. The molecule has 4 rings (SSSR count). The lowest BCUT2D eigenvalue weighted by Crippen LogP contribution is -2.07. The van der Waals surface area contributed by atoms with Crippen molar-refractivity contribution in [2.45, 2.75) is 0 Å². The predicted molar refractivity (Wildman–Crippen MR) is 155 cm³/mol. The third-order valence-corrected chi connectivity index (χ3v) is 6.05. The average Bonchev–Trinajstić information content (AvgIpc) is 2.85. The van der Waals surface area contributed by atoms with Gasteiger partial charge in [-0.2, -0.15) is 20.1 Å². The average molecular weight is 693 g/mol. The van der Waals surface area contributed by atoms with Crippen LogP contribution in [0.25, 0.3) is 0 Å². The third kappa shape index (κ3) is 6.91. The Balaban J connectivity index is 1.60. The molecular weight excluding hydrogens is 672 g/mol. The summed E-state index contributed by atoms with van der Waals surface area (Å²) in [7, 11) is 3.26. The first kappa shape index (κ1) is 24.9. The quantitative estimate of drug-likeness (QED) is 0.111. The van der Waals surface area contributed by atoms with Crippen molar-refractivity contribution in [2.75, 3.05) is 30.3 Å². The van der Waals surface area contributed by atoms with Gasteiger partial charge in [-0.25, -0.2) is 5.43 Å². The number of rotatable bonds is 9. The maximum Gasteiger partial charge on any atom is 0.250 e. The molecule has 0 radical (unpaired) electrons. The molecule has 0 unspecified atom stereocenters. The van der Waals surface area contributed by atoms with Crippen LogP contribution in [0.5, 0.6) is 11.5 Å². The maximum absolute atomic E-state index is 5.52. The summed E-state index contributed by atoms with van der Waals surface area (Å²) in [4.78, 5) is 13.4. The topological polar surface area (TPSA) is 106 Å². The summed E-state index contributed by atoms with van der Waals surface area (Å²) in [6, 6.07) is 21.1.